The third-order valence-electron chi connectivity index (χ3n) is 4.66. The summed E-state index contributed by atoms with van der Waals surface area (Å²) in [6, 6.07) is 2.03. The molecule has 0 saturated heterocycles. The molecule has 5 aliphatic carbocycles. The molecular weight excluding hydrogens is 178 g/mol. The van der Waals surface area contributed by atoms with Crippen LogP contribution in [0.4, 0.5) is 0 Å². The van der Waals surface area contributed by atoms with Crippen LogP contribution in [0.25, 0.3) is 0 Å². The van der Waals surface area contributed by atoms with Crippen LogP contribution in [-0.2, 0) is 9.53 Å². The summed E-state index contributed by atoms with van der Waals surface area (Å²) in [7, 11) is 1.34. The van der Waals surface area contributed by atoms with Gasteiger partial charge in [0.05, 0.1) is 7.11 Å². The SMILES string of the molecule is COC(=O)C(C#N)=C1C2C3C2C2C1C32. The zero-order valence-corrected chi connectivity index (χ0v) is 7.73. The van der Waals surface area contributed by atoms with Gasteiger partial charge in [-0.2, -0.15) is 5.26 Å². The van der Waals surface area contributed by atoms with Crippen LogP contribution in [0.1, 0.15) is 0 Å². The van der Waals surface area contributed by atoms with Gasteiger partial charge in [-0.05, 0) is 41.1 Å². The van der Waals surface area contributed by atoms with Crippen molar-refractivity contribution in [2.24, 2.45) is 35.5 Å². The zero-order chi connectivity index (χ0) is 9.61. The molecule has 14 heavy (non-hydrogen) atoms. The Morgan fingerprint density at radius 1 is 1.29 bits per heavy atom. The lowest BCUT2D eigenvalue weighted by Crippen LogP contribution is -2.07. The molecule has 0 aromatic rings. The van der Waals surface area contributed by atoms with Gasteiger partial charge in [-0.1, -0.05) is 0 Å². The van der Waals surface area contributed by atoms with Crippen LogP contribution in [0.2, 0.25) is 0 Å². The largest absolute Gasteiger partial charge is 0.465 e. The zero-order valence-electron chi connectivity index (χ0n) is 7.73. The number of carbonyl (C=O) groups is 1. The van der Waals surface area contributed by atoms with Gasteiger partial charge in [0.25, 0.3) is 0 Å². The van der Waals surface area contributed by atoms with Crippen molar-refractivity contribution in [2.45, 2.75) is 0 Å². The summed E-state index contributed by atoms with van der Waals surface area (Å²) in [4.78, 5) is 11.4. The summed E-state index contributed by atoms with van der Waals surface area (Å²) in [6.45, 7) is 0. The average molecular weight is 187 g/mol. The minimum atomic E-state index is -0.430. The number of hydrogen-bond acceptors (Lipinski definition) is 3. The molecule has 0 aromatic carbocycles. The molecule has 0 spiro atoms. The Kier molecular flexibility index (Phi) is 0.880. The molecule has 5 rings (SSSR count). The Balaban J connectivity index is 1.83. The van der Waals surface area contributed by atoms with Crippen molar-refractivity contribution in [1.82, 2.24) is 0 Å². The van der Waals surface area contributed by atoms with E-state index in [1.54, 1.807) is 0 Å². The van der Waals surface area contributed by atoms with Crippen molar-refractivity contribution in [3.63, 3.8) is 0 Å². The van der Waals surface area contributed by atoms with Gasteiger partial charge >= 0.3 is 5.97 Å². The molecule has 0 aromatic heterocycles. The van der Waals surface area contributed by atoms with Gasteiger partial charge in [0, 0.05) is 0 Å². The van der Waals surface area contributed by atoms with Gasteiger partial charge in [-0.25, -0.2) is 4.79 Å². The Bertz CT molecular complexity index is 399. The first-order valence-electron chi connectivity index (χ1n) is 5.03. The van der Waals surface area contributed by atoms with Gasteiger partial charge in [0.1, 0.15) is 11.6 Å². The first-order valence-corrected chi connectivity index (χ1v) is 5.03. The summed E-state index contributed by atoms with van der Waals surface area (Å²) < 4.78 is 4.64. The van der Waals surface area contributed by atoms with Crippen LogP contribution < -0.4 is 0 Å². The molecule has 3 nitrogen and oxygen atoms in total. The number of nitrogens with zero attached hydrogens (tertiary/aromatic N) is 1. The van der Waals surface area contributed by atoms with Crippen molar-refractivity contribution >= 4 is 5.97 Å². The Morgan fingerprint density at radius 3 is 2.14 bits per heavy atom. The van der Waals surface area contributed by atoms with E-state index in [4.69, 9.17) is 5.26 Å². The van der Waals surface area contributed by atoms with Crippen LogP contribution in [0, 0.1) is 46.8 Å². The van der Waals surface area contributed by atoms with Crippen molar-refractivity contribution in [3.05, 3.63) is 11.1 Å². The maximum atomic E-state index is 11.4. The standard InChI is InChI=1S/C11H9NO2/c1-14-11(13)3(2-12)4-5-7-8(5)10-6(4)9(7)10/h5-10H,1H3. The summed E-state index contributed by atoms with van der Waals surface area (Å²) in [6.07, 6.45) is 0. The highest BCUT2D eigenvalue weighted by Crippen LogP contribution is 2.94. The molecule has 5 saturated carbocycles. The lowest BCUT2D eigenvalue weighted by molar-refractivity contribution is -0.135. The van der Waals surface area contributed by atoms with E-state index >= 15 is 0 Å². The summed E-state index contributed by atoms with van der Waals surface area (Å²) in [5.41, 5.74) is 1.47. The Hall–Kier alpha value is -1.30. The first-order chi connectivity index (χ1) is 6.81. The van der Waals surface area contributed by atoms with Gasteiger partial charge in [-0.3, -0.25) is 0 Å². The van der Waals surface area contributed by atoms with E-state index in [1.807, 2.05) is 6.07 Å². The molecule has 5 aliphatic rings. The number of hydrogen-bond donors (Lipinski definition) is 0. The van der Waals surface area contributed by atoms with E-state index in [0.29, 0.717) is 17.4 Å². The van der Waals surface area contributed by atoms with Gasteiger partial charge in [0.2, 0.25) is 0 Å². The van der Waals surface area contributed by atoms with Crippen LogP contribution in [0.15, 0.2) is 11.1 Å². The van der Waals surface area contributed by atoms with Crippen LogP contribution in [-0.4, -0.2) is 13.1 Å². The Morgan fingerprint density at radius 2 is 1.79 bits per heavy atom. The summed E-state index contributed by atoms with van der Waals surface area (Å²) in [5.74, 6) is 4.19. The van der Waals surface area contributed by atoms with E-state index in [9.17, 15) is 4.79 Å². The number of esters is 1. The van der Waals surface area contributed by atoms with E-state index in [1.165, 1.54) is 7.11 Å². The van der Waals surface area contributed by atoms with Crippen molar-refractivity contribution < 1.29 is 9.53 Å². The number of carbonyl (C=O) groups excluding carboxylic acids is 1. The lowest BCUT2D eigenvalue weighted by atomic mass is 10.0. The lowest BCUT2D eigenvalue weighted by Gasteiger charge is -2.03. The monoisotopic (exact) mass is 187 g/mol. The molecule has 3 heteroatoms. The third kappa shape index (κ3) is 0.462. The maximum Gasteiger partial charge on any atom is 0.348 e. The predicted molar refractivity (Wildman–Crippen MR) is 45.6 cm³/mol. The van der Waals surface area contributed by atoms with E-state index in [0.717, 1.165) is 29.2 Å². The second-order valence-corrected chi connectivity index (χ2v) is 4.79. The summed E-state index contributed by atoms with van der Waals surface area (Å²) >= 11 is 0. The van der Waals surface area contributed by atoms with Crippen molar-refractivity contribution in [2.75, 3.05) is 7.11 Å². The number of rotatable bonds is 1. The topological polar surface area (TPSA) is 50.1 Å². The molecule has 70 valence electrons. The molecule has 5 fully saturated rings. The number of methoxy groups -OCH3 is 1. The Labute approximate surface area is 81.3 Å². The molecule has 0 heterocycles. The van der Waals surface area contributed by atoms with E-state index in [2.05, 4.69) is 4.74 Å². The quantitative estimate of drug-likeness (QED) is 0.345. The van der Waals surface area contributed by atoms with Crippen molar-refractivity contribution in [3.8, 4) is 6.07 Å². The maximum absolute atomic E-state index is 11.4. The fraction of sp³-hybridized carbons (Fsp3) is 0.636. The second kappa shape index (κ2) is 1.75. The molecule has 0 N–H and O–H groups in total. The summed E-state index contributed by atoms with van der Waals surface area (Å²) in [5, 5.41) is 8.96. The number of ether oxygens (including phenoxy) is 1. The van der Waals surface area contributed by atoms with E-state index < -0.39 is 5.97 Å². The second-order valence-electron chi connectivity index (χ2n) is 4.79. The average Bonchev–Trinajstić information content (AvgIpc) is 2.90. The number of nitriles is 1. The molecule has 0 aliphatic heterocycles. The fourth-order valence-corrected chi connectivity index (χ4v) is 4.27. The van der Waals surface area contributed by atoms with Crippen LogP contribution >= 0.6 is 0 Å². The minimum Gasteiger partial charge on any atom is -0.465 e. The first kappa shape index (κ1) is 7.05. The molecule has 0 unspecified atom stereocenters. The van der Waals surface area contributed by atoms with E-state index in [-0.39, 0.29) is 0 Å². The molecule has 0 amide bonds. The third-order valence-corrected chi connectivity index (χ3v) is 4.66. The highest BCUT2D eigenvalue weighted by atomic mass is 16.5. The van der Waals surface area contributed by atoms with Gasteiger partial charge in [0.15, 0.2) is 0 Å². The molecule has 2 bridgehead atoms. The molecular formula is C11H9NO2. The smallest absolute Gasteiger partial charge is 0.348 e. The highest BCUT2D eigenvalue weighted by molar-refractivity contribution is 5.94. The van der Waals surface area contributed by atoms with Crippen LogP contribution in [0.3, 0.4) is 0 Å². The van der Waals surface area contributed by atoms with Gasteiger partial charge in [-0.15, -0.1) is 0 Å². The number of allylic oxidation sites excluding steroid dienone is 1. The normalized spacial score (nSPS) is 52.7. The highest BCUT2D eigenvalue weighted by Gasteiger charge is 2.90. The molecule has 0 atom stereocenters. The minimum absolute atomic E-state index is 0.317. The van der Waals surface area contributed by atoms with Crippen molar-refractivity contribution in [1.29, 1.82) is 5.26 Å². The van der Waals surface area contributed by atoms with Crippen LogP contribution in [0.5, 0.6) is 0 Å². The molecule has 0 radical (unpaired) electrons. The van der Waals surface area contributed by atoms with Gasteiger partial charge < -0.3 is 4.74 Å². The predicted octanol–water partition coefficient (Wildman–Crippen LogP) is 0.731. The fourth-order valence-electron chi connectivity index (χ4n) is 4.27.